The minimum atomic E-state index is -3.05. The SMILES string of the molecule is CC(F)(F)c1cc(Oc2ccc(COc3ccnc(Cl)n3)cc2)ccc1Cl. The molecule has 0 fully saturated rings. The van der Waals surface area contributed by atoms with E-state index >= 15 is 0 Å². The Morgan fingerprint density at radius 1 is 1.00 bits per heavy atom. The van der Waals surface area contributed by atoms with Gasteiger partial charge in [0.05, 0.1) is 0 Å². The van der Waals surface area contributed by atoms with Crippen LogP contribution in [0.3, 0.4) is 0 Å². The zero-order valence-electron chi connectivity index (χ0n) is 14.1. The average molecular weight is 411 g/mol. The Balaban J connectivity index is 1.66. The number of rotatable bonds is 6. The van der Waals surface area contributed by atoms with E-state index < -0.39 is 5.92 Å². The Hall–Kier alpha value is -2.44. The van der Waals surface area contributed by atoms with E-state index in [1.165, 1.54) is 24.4 Å². The van der Waals surface area contributed by atoms with Crippen molar-refractivity contribution in [3.05, 3.63) is 76.2 Å². The largest absolute Gasteiger partial charge is 0.473 e. The molecule has 1 aromatic heterocycles. The molecule has 0 radical (unpaired) electrons. The molecule has 0 amide bonds. The fourth-order valence-corrected chi connectivity index (χ4v) is 2.67. The first-order valence-electron chi connectivity index (χ1n) is 7.87. The number of ether oxygens (including phenoxy) is 2. The topological polar surface area (TPSA) is 44.2 Å². The van der Waals surface area contributed by atoms with Gasteiger partial charge in [-0.15, -0.1) is 0 Å². The maximum absolute atomic E-state index is 13.6. The first-order valence-corrected chi connectivity index (χ1v) is 8.63. The number of hydrogen-bond donors (Lipinski definition) is 0. The molecule has 0 N–H and O–H groups in total. The number of halogens is 4. The number of alkyl halides is 2. The molecule has 0 spiro atoms. The summed E-state index contributed by atoms with van der Waals surface area (Å²) in [4.78, 5) is 7.71. The highest BCUT2D eigenvalue weighted by molar-refractivity contribution is 6.31. The zero-order valence-corrected chi connectivity index (χ0v) is 15.6. The maximum Gasteiger partial charge on any atom is 0.272 e. The summed E-state index contributed by atoms with van der Waals surface area (Å²) in [6.07, 6.45) is 1.50. The van der Waals surface area contributed by atoms with Crippen molar-refractivity contribution >= 4 is 23.2 Å². The second-order valence-electron chi connectivity index (χ2n) is 5.73. The summed E-state index contributed by atoms with van der Waals surface area (Å²) in [7, 11) is 0. The van der Waals surface area contributed by atoms with E-state index in [9.17, 15) is 8.78 Å². The molecule has 0 unspecified atom stereocenters. The van der Waals surface area contributed by atoms with E-state index in [1.807, 2.05) is 0 Å². The molecule has 0 aliphatic rings. The van der Waals surface area contributed by atoms with Crippen LogP contribution < -0.4 is 9.47 Å². The smallest absolute Gasteiger partial charge is 0.272 e. The van der Waals surface area contributed by atoms with Gasteiger partial charge in [0.15, 0.2) is 0 Å². The molecular formula is C19H14Cl2F2N2O2. The molecule has 27 heavy (non-hydrogen) atoms. The molecule has 2 aromatic carbocycles. The first kappa shape index (κ1) is 19.3. The second-order valence-corrected chi connectivity index (χ2v) is 6.47. The third-order valence-corrected chi connectivity index (χ3v) is 4.07. The summed E-state index contributed by atoms with van der Waals surface area (Å²) in [5, 5.41) is 0.100. The quantitative estimate of drug-likeness (QED) is 0.449. The van der Waals surface area contributed by atoms with Crippen molar-refractivity contribution < 1.29 is 18.3 Å². The molecule has 140 valence electrons. The van der Waals surface area contributed by atoms with Gasteiger partial charge in [-0.05, 0) is 47.5 Å². The number of benzene rings is 2. The molecule has 0 saturated carbocycles. The Kier molecular flexibility index (Phi) is 5.77. The predicted octanol–water partition coefficient (Wildman–Crippen LogP) is 6.27. The van der Waals surface area contributed by atoms with Crippen LogP contribution in [0.1, 0.15) is 18.1 Å². The predicted molar refractivity (Wildman–Crippen MR) is 98.9 cm³/mol. The van der Waals surface area contributed by atoms with E-state index in [2.05, 4.69) is 9.97 Å². The first-order chi connectivity index (χ1) is 12.8. The standard InChI is InChI=1S/C19H14Cl2F2N2O2/c1-19(22,23)15-10-14(6-7-16(15)20)27-13-4-2-12(3-5-13)11-26-17-8-9-24-18(21)25-17/h2-10H,11H2,1H3. The minimum absolute atomic E-state index is 0.00725. The van der Waals surface area contributed by atoms with Crippen molar-refractivity contribution in [2.75, 3.05) is 0 Å². The van der Waals surface area contributed by atoms with Crippen molar-refractivity contribution in [1.82, 2.24) is 9.97 Å². The van der Waals surface area contributed by atoms with Gasteiger partial charge in [0.25, 0.3) is 5.92 Å². The molecule has 3 rings (SSSR count). The van der Waals surface area contributed by atoms with E-state index in [-0.39, 0.29) is 28.2 Å². The van der Waals surface area contributed by atoms with Gasteiger partial charge in [-0.2, -0.15) is 4.98 Å². The normalized spacial score (nSPS) is 11.3. The highest BCUT2D eigenvalue weighted by atomic mass is 35.5. The number of hydrogen-bond acceptors (Lipinski definition) is 4. The van der Waals surface area contributed by atoms with E-state index in [0.717, 1.165) is 12.5 Å². The van der Waals surface area contributed by atoms with E-state index in [4.69, 9.17) is 32.7 Å². The highest BCUT2D eigenvalue weighted by Gasteiger charge is 2.27. The summed E-state index contributed by atoms with van der Waals surface area (Å²) in [5.41, 5.74) is 0.587. The lowest BCUT2D eigenvalue weighted by Gasteiger charge is -2.14. The lowest BCUT2D eigenvalue weighted by molar-refractivity contribution is 0.0174. The molecule has 0 saturated heterocycles. The molecule has 8 heteroatoms. The van der Waals surface area contributed by atoms with Gasteiger partial charge in [-0.1, -0.05) is 23.7 Å². The molecule has 0 aliphatic heterocycles. The van der Waals surface area contributed by atoms with Crippen LogP contribution >= 0.6 is 23.2 Å². The highest BCUT2D eigenvalue weighted by Crippen LogP contribution is 2.36. The molecular weight excluding hydrogens is 397 g/mol. The van der Waals surface area contributed by atoms with Gasteiger partial charge in [-0.3, -0.25) is 0 Å². The van der Waals surface area contributed by atoms with Crippen LogP contribution in [-0.2, 0) is 12.5 Å². The molecule has 4 nitrogen and oxygen atoms in total. The number of nitrogens with zero attached hydrogens (tertiary/aromatic N) is 2. The minimum Gasteiger partial charge on any atom is -0.473 e. The third kappa shape index (κ3) is 5.28. The van der Waals surface area contributed by atoms with Crippen molar-refractivity contribution in [2.24, 2.45) is 0 Å². The zero-order chi connectivity index (χ0) is 19.4. The van der Waals surface area contributed by atoms with Crippen LogP contribution in [0.2, 0.25) is 10.3 Å². The third-order valence-electron chi connectivity index (χ3n) is 3.56. The van der Waals surface area contributed by atoms with Crippen LogP contribution in [0.25, 0.3) is 0 Å². The van der Waals surface area contributed by atoms with Crippen molar-refractivity contribution in [3.63, 3.8) is 0 Å². The summed E-state index contributed by atoms with van der Waals surface area (Å²) in [6, 6.07) is 12.8. The van der Waals surface area contributed by atoms with Crippen LogP contribution in [-0.4, -0.2) is 9.97 Å². The van der Waals surface area contributed by atoms with Gasteiger partial charge >= 0.3 is 0 Å². The van der Waals surface area contributed by atoms with Crippen molar-refractivity contribution in [3.8, 4) is 17.4 Å². The van der Waals surface area contributed by atoms with Crippen LogP contribution in [0.15, 0.2) is 54.7 Å². The Labute approximate surface area is 164 Å². The van der Waals surface area contributed by atoms with Gasteiger partial charge in [0.2, 0.25) is 11.2 Å². The summed E-state index contributed by atoms with van der Waals surface area (Å²) in [5.74, 6) is -1.92. The molecule has 0 bridgehead atoms. The molecule has 3 aromatic rings. The molecule has 0 aliphatic carbocycles. The lowest BCUT2D eigenvalue weighted by Crippen LogP contribution is -2.07. The fraction of sp³-hybridized carbons (Fsp3) is 0.158. The average Bonchev–Trinajstić information content (AvgIpc) is 2.62. The van der Waals surface area contributed by atoms with E-state index in [0.29, 0.717) is 11.6 Å². The van der Waals surface area contributed by atoms with Crippen LogP contribution in [0.5, 0.6) is 17.4 Å². The summed E-state index contributed by atoms with van der Waals surface area (Å²) < 4.78 is 38.3. The van der Waals surface area contributed by atoms with E-state index in [1.54, 1.807) is 30.3 Å². The van der Waals surface area contributed by atoms with Gasteiger partial charge < -0.3 is 9.47 Å². The van der Waals surface area contributed by atoms with Crippen LogP contribution in [0, 0.1) is 0 Å². The van der Waals surface area contributed by atoms with Gasteiger partial charge in [0.1, 0.15) is 18.1 Å². The van der Waals surface area contributed by atoms with Crippen molar-refractivity contribution in [1.29, 1.82) is 0 Å². The Morgan fingerprint density at radius 2 is 1.70 bits per heavy atom. The number of aromatic nitrogens is 2. The van der Waals surface area contributed by atoms with Crippen LogP contribution in [0.4, 0.5) is 8.78 Å². The van der Waals surface area contributed by atoms with Gasteiger partial charge in [0, 0.05) is 29.8 Å². The molecule has 0 atom stereocenters. The monoisotopic (exact) mass is 410 g/mol. The summed E-state index contributed by atoms with van der Waals surface area (Å²) >= 11 is 11.5. The Morgan fingerprint density at radius 3 is 2.37 bits per heavy atom. The summed E-state index contributed by atoms with van der Waals surface area (Å²) in [6.45, 7) is 1.07. The molecule has 1 heterocycles. The van der Waals surface area contributed by atoms with Gasteiger partial charge in [-0.25, -0.2) is 13.8 Å². The fourth-order valence-electron chi connectivity index (χ4n) is 2.25. The lowest BCUT2D eigenvalue weighted by atomic mass is 10.1. The second kappa shape index (κ2) is 8.06. The Bertz CT molecular complexity index is 932. The maximum atomic E-state index is 13.6. The van der Waals surface area contributed by atoms with Crippen molar-refractivity contribution in [2.45, 2.75) is 19.5 Å².